The number of amides is 1. The summed E-state index contributed by atoms with van der Waals surface area (Å²) in [6, 6.07) is 0.480. The molecule has 1 amide bonds. The normalized spacial score (nSPS) is 47.7. The van der Waals surface area contributed by atoms with E-state index in [0.717, 1.165) is 19.5 Å². The second-order valence-corrected chi connectivity index (χ2v) is 5.67. The van der Waals surface area contributed by atoms with Crippen molar-refractivity contribution < 1.29 is 4.79 Å². The van der Waals surface area contributed by atoms with Crippen molar-refractivity contribution in [2.45, 2.75) is 38.6 Å². The van der Waals surface area contributed by atoms with Crippen LogP contribution in [-0.4, -0.2) is 25.0 Å². The van der Waals surface area contributed by atoms with Crippen LogP contribution in [0.5, 0.6) is 0 Å². The van der Waals surface area contributed by atoms with Gasteiger partial charge in [0.1, 0.15) is 0 Å². The van der Waals surface area contributed by atoms with E-state index in [2.05, 4.69) is 17.6 Å². The molecule has 2 aliphatic carbocycles. The van der Waals surface area contributed by atoms with Gasteiger partial charge in [-0.15, -0.1) is 0 Å². The molecule has 1 heterocycles. The first-order valence-electron chi connectivity index (χ1n) is 6.24. The van der Waals surface area contributed by atoms with Crippen LogP contribution in [0, 0.1) is 17.3 Å². The lowest BCUT2D eigenvalue weighted by Crippen LogP contribution is -2.45. The van der Waals surface area contributed by atoms with E-state index in [1.807, 2.05) is 0 Å². The molecule has 4 atom stereocenters. The minimum atomic E-state index is -0.0394. The Hall–Kier alpha value is -0.570. The Kier molecular flexibility index (Phi) is 2.06. The lowest BCUT2D eigenvalue weighted by Gasteiger charge is -2.27. The van der Waals surface area contributed by atoms with E-state index < -0.39 is 0 Å². The fourth-order valence-electron chi connectivity index (χ4n) is 3.36. The van der Waals surface area contributed by atoms with Crippen molar-refractivity contribution in [1.29, 1.82) is 0 Å². The average Bonchev–Trinajstić information content (AvgIpc) is 2.67. The lowest BCUT2D eigenvalue weighted by molar-refractivity contribution is -0.131. The molecule has 3 rings (SSSR count). The number of rotatable bonds is 2. The van der Waals surface area contributed by atoms with Gasteiger partial charge in [-0.05, 0) is 37.6 Å². The SMILES string of the molecule is CC1CC1NC(=O)[C@@]12CCC[C@@H]1CNC2. The van der Waals surface area contributed by atoms with Gasteiger partial charge in [0, 0.05) is 12.6 Å². The number of fused-ring (bicyclic) bond motifs is 1. The van der Waals surface area contributed by atoms with Gasteiger partial charge in [-0.2, -0.15) is 0 Å². The molecule has 15 heavy (non-hydrogen) atoms. The molecule has 0 aromatic rings. The quantitative estimate of drug-likeness (QED) is 0.708. The van der Waals surface area contributed by atoms with Gasteiger partial charge in [0.15, 0.2) is 0 Å². The molecule has 2 saturated carbocycles. The molecule has 0 aromatic carbocycles. The highest BCUT2D eigenvalue weighted by Gasteiger charge is 2.52. The van der Waals surface area contributed by atoms with E-state index >= 15 is 0 Å². The Morgan fingerprint density at radius 3 is 3.07 bits per heavy atom. The Labute approximate surface area is 91.0 Å². The third-order valence-corrected chi connectivity index (χ3v) is 4.67. The number of carbonyl (C=O) groups excluding carboxylic acids is 1. The third kappa shape index (κ3) is 1.40. The Bertz CT molecular complexity index is 279. The summed E-state index contributed by atoms with van der Waals surface area (Å²) < 4.78 is 0. The van der Waals surface area contributed by atoms with Crippen LogP contribution in [0.1, 0.15) is 32.6 Å². The molecule has 0 bridgehead atoms. The molecule has 84 valence electrons. The summed E-state index contributed by atoms with van der Waals surface area (Å²) >= 11 is 0. The highest BCUT2D eigenvalue weighted by atomic mass is 16.2. The number of carbonyl (C=O) groups is 1. The summed E-state index contributed by atoms with van der Waals surface area (Å²) in [6.07, 6.45) is 4.75. The highest BCUT2D eigenvalue weighted by Crippen LogP contribution is 2.46. The molecule has 0 aromatic heterocycles. The van der Waals surface area contributed by atoms with Crippen LogP contribution in [0.15, 0.2) is 0 Å². The predicted molar refractivity (Wildman–Crippen MR) is 58.4 cm³/mol. The number of hydrogen-bond donors (Lipinski definition) is 2. The second-order valence-electron chi connectivity index (χ2n) is 5.67. The monoisotopic (exact) mass is 208 g/mol. The largest absolute Gasteiger partial charge is 0.353 e. The summed E-state index contributed by atoms with van der Waals surface area (Å²) in [6.45, 7) is 4.17. The maximum absolute atomic E-state index is 12.3. The second kappa shape index (κ2) is 3.21. The summed E-state index contributed by atoms with van der Waals surface area (Å²) in [7, 11) is 0. The maximum atomic E-state index is 12.3. The van der Waals surface area contributed by atoms with E-state index in [1.54, 1.807) is 0 Å². The topological polar surface area (TPSA) is 41.1 Å². The number of nitrogens with one attached hydrogen (secondary N) is 2. The molecule has 2 N–H and O–H groups in total. The lowest BCUT2D eigenvalue weighted by atomic mass is 9.80. The van der Waals surface area contributed by atoms with E-state index in [4.69, 9.17) is 0 Å². The summed E-state index contributed by atoms with van der Waals surface area (Å²) in [5.74, 6) is 1.65. The van der Waals surface area contributed by atoms with Crippen molar-refractivity contribution in [2.75, 3.05) is 13.1 Å². The van der Waals surface area contributed by atoms with Crippen LogP contribution in [0.25, 0.3) is 0 Å². The Morgan fingerprint density at radius 1 is 1.53 bits per heavy atom. The van der Waals surface area contributed by atoms with Crippen LogP contribution >= 0.6 is 0 Å². The molecular formula is C12H20N2O. The fraction of sp³-hybridized carbons (Fsp3) is 0.917. The van der Waals surface area contributed by atoms with Gasteiger partial charge in [0.25, 0.3) is 0 Å². The Morgan fingerprint density at radius 2 is 2.33 bits per heavy atom. The van der Waals surface area contributed by atoms with Gasteiger partial charge < -0.3 is 10.6 Å². The summed E-state index contributed by atoms with van der Waals surface area (Å²) in [5.41, 5.74) is -0.0394. The van der Waals surface area contributed by atoms with Gasteiger partial charge in [-0.25, -0.2) is 0 Å². The molecule has 0 radical (unpaired) electrons. The summed E-state index contributed by atoms with van der Waals surface area (Å²) in [5, 5.41) is 6.62. The zero-order chi connectivity index (χ0) is 10.5. The Balaban J connectivity index is 1.71. The van der Waals surface area contributed by atoms with E-state index in [9.17, 15) is 4.79 Å². The number of hydrogen-bond acceptors (Lipinski definition) is 2. The van der Waals surface area contributed by atoms with Crippen molar-refractivity contribution >= 4 is 5.91 Å². The molecule has 3 nitrogen and oxygen atoms in total. The van der Waals surface area contributed by atoms with Gasteiger partial charge >= 0.3 is 0 Å². The van der Waals surface area contributed by atoms with E-state index in [-0.39, 0.29) is 5.41 Å². The van der Waals surface area contributed by atoms with E-state index in [1.165, 1.54) is 19.3 Å². The molecule has 3 aliphatic rings. The maximum Gasteiger partial charge on any atom is 0.228 e. The van der Waals surface area contributed by atoms with Gasteiger partial charge in [0.05, 0.1) is 5.41 Å². The minimum absolute atomic E-state index is 0.0394. The van der Waals surface area contributed by atoms with Gasteiger partial charge in [0.2, 0.25) is 5.91 Å². The van der Waals surface area contributed by atoms with Crippen LogP contribution in [0.3, 0.4) is 0 Å². The van der Waals surface area contributed by atoms with Crippen LogP contribution in [0.2, 0.25) is 0 Å². The molecule has 1 aliphatic heterocycles. The van der Waals surface area contributed by atoms with Crippen molar-refractivity contribution in [1.82, 2.24) is 10.6 Å². The predicted octanol–water partition coefficient (Wildman–Crippen LogP) is 0.901. The summed E-state index contributed by atoms with van der Waals surface area (Å²) in [4.78, 5) is 12.3. The van der Waals surface area contributed by atoms with Crippen molar-refractivity contribution in [3.8, 4) is 0 Å². The van der Waals surface area contributed by atoms with Crippen molar-refractivity contribution in [3.05, 3.63) is 0 Å². The zero-order valence-electron chi connectivity index (χ0n) is 9.38. The van der Waals surface area contributed by atoms with Gasteiger partial charge in [-0.3, -0.25) is 4.79 Å². The molecular weight excluding hydrogens is 188 g/mol. The fourth-order valence-corrected chi connectivity index (χ4v) is 3.36. The van der Waals surface area contributed by atoms with Crippen LogP contribution < -0.4 is 10.6 Å². The standard InChI is InChI=1S/C12H20N2O/c1-8-5-10(8)14-11(15)12-4-2-3-9(12)6-13-7-12/h8-10,13H,2-7H2,1H3,(H,14,15)/t8?,9-,10?,12-/m1/s1. The smallest absolute Gasteiger partial charge is 0.228 e. The molecule has 3 fully saturated rings. The first-order chi connectivity index (χ1) is 7.22. The molecule has 0 spiro atoms. The minimum Gasteiger partial charge on any atom is -0.353 e. The first kappa shape index (κ1) is 9.64. The van der Waals surface area contributed by atoms with Crippen molar-refractivity contribution in [2.24, 2.45) is 17.3 Å². The third-order valence-electron chi connectivity index (χ3n) is 4.67. The molecule has 3 heteroatoms. The first-order valence-corrected chi connectivity index (χ1v) is 6.24. The van der Waals surface area contributed by atoms with E-state index in [0.29, 0.717) is 23.8 Å². The highest BCUT2D eigenvalue weighted by molar-refractivity contribution is 5.84. The zero-order valence-corrected chi connectivity index (χ0v) is 9.38. The van der Waals surface area contributed by atoms with Crippen LogP contribution in [0.4, 0.5) is 0 Å². The van der Waals surface area contributed by atoms with Crippen LogP contribution in [-0.2, 0) is 4.79 Å². The average molecular weight is 208 g/mol. The molecule has 1 saturated heterocycles. The van der Waals surface area contributed by atoms with Gasteiger partial charge in [-0.1, -0.05) is 13.3 Å². The molecule has 2 unspecified atom stereocenters. The van der Waals surface area contributed by atoms with Crippen molar-refractivity contribution in [3.63, 3.8) is 0 Å².